The topological polar surface area (TPSA) is 12.0 Å². The first kappa shape index (κ1) is 14.4. The molecule has 0 saturated heterocycles. The van der Waals surface area contributed by atoms with Crippen molar-refractivity contribution in [2.75, 3.05) is 13.6 Å². The van der Waals surface area contributed by atoms with Crippen molar-refractivity contribution < 1.29 is 8.78 Å². The molecular weight excluding hydrogens is 244 g/mol. The van der Waals surface area contributed by atoms with Crippen LogP contribution >= 0.6 is 0 Å². The molecule has 106 valence electrons. The van der Waals surface area contributed by atoms with Crippen LogP contribution in [0.15, 0.2) is 12.1 Å². The third kappa shape index (κ3) is 3.14. The lowest BCUT2D eigenvalue weighted by molar-refractivity contribution is 0.370. The molecule has 0 radical (unpaired) electrons. The van der Waals surface area contributed by atoms with Gasteiger partial charge >= 0.3 is 0 Å². The van der Waals surface area contributed by atoms with Crippen LogP contribution in [0.25, 0.3) is 0 Å². The molecule has 1 aromatic rings. The van der Waals surface area contributed by atoms with Crippen molar-refractivity contribution in [2.24, 2.45) is 5.92 Å². The highest BCUT2D eigenvalue weighted by Crippen LogP contribution is 2.38. The van der Waals surface area contributed by atoms with Gasteiger partial charge in [0.25, 0.3) is 0 Å². The molecule has 3 heteroatoms. The minimum atomic E-state index is -0.676. The Morgan fingerprint density at radius 3 is 2.58 bits per heavy atom. The zero-order valence-electron chi connectivity index (χ0n) is 11.8. The van der Waals surface area contributed by atoms with E-state index in [9.17, 15) is 8.78 Å². The largest absolute Gasteiger partial charge is 0.319 e. The van der Waals surface area contributed by atoms with E-state index in [-0.39, 0.29) is 5.92 Å². The van der Waals surface area contributed by atoms with E-state index in [1.807, 2.05) is 7.05 Å². The number of hydrogen-bond donors (Lipinski definition) is 1. The lowest BCUT2D eigenvalue weighted by Gasteiger charge is -2.26. The van der Waals surface area contributed by atoms with Gasteiger partial charge in [-0.1, -0.05) is 31.4 Å². The van der Waals surface area contributed by atoms with Crippen LogP contribution in [0, 0.1) is 24.5 Å². The Balaban J connectivity index is 2.33. The molecule has 1 fully saturated rings. The Kier molecular flexibility index (Phi) is 4.92. The van der Waals surface area contributed by atoms with Gasteiger partial charge in [0.2, 0.25) is 0 Å². The summed E-state index contributed by atoms with van der Waals surface area (Å²) in [5.41, 5.74) is 0.963. The summed E-state index contributed by atoms with van der Waals surface area (Å²) < 4.78 is 28.0. The van der Waals surface area contributed by atoms with Crippen LogP contribution in [0.3, 0.4) is 0 Å². The van der Waals surface area contributed by atoms with E-state index < -0.39 is 11.6 Å². The van der Waals surface area contributed by atoms with Crippen LogP contribution < -0.4 is 5.32 Å². The zero-order valence-corrected chi connectivity index (χ0v) is 11.8. The summed E-state index contributed by atoms with van der Waals surface area (Å²) in [4.78, 5) is 0. The second-order valence-corrected chi connectivity index (χ2v) is 5.66. The van der Waals surface area contributed by atoms with Gasteiger partial charge in [-0.2, -0.15) is 0 Å². The fourth-order valence-electron chi connectivity index (χ4n) is 3.25. The maximum atomic E-state index is 14.2. The van der Waals surface area contributed by atoms with Crippen molar-refractivity contribution in [1.29, 1.82) is 0 Å². The number of rotatable bonds is 3. The van der Waals surface area contributed by atoms with E-state index in [0.717, 1.165) is 25.8 Å². The van der Waals surface area contributed by atoms with E-state index in [1.54, 1.807) is 19.1 Å². The Bertz CT molecular complexity index is 431. The molecule has 0 bridgehead atoms. The van der Waals surface area contributed by atoms with Crippen molar-refractivity contribution in [3.63, 3.8) is 0 Å². The van der Waals surface area contributed by atoms with Crippen LogP contribution in [0.4, 0.5) is 8.78 Å². The van der Waals surface area contributed by atoms with Crippen molar-refractivity contribution >= 4 is 0 Å². The highest BCUT2D eigenvalue weighted by molar-refractivity contribution is 5.29. The zero-order chi connectivity index (χ0) is 13.8. The number of nitrogens with one attached hydrogen (secondary N) is 1. The normalized spacial score (nSPS) is 24.2. The van der Waals surface area contributed by atoms with Crippen molar-refractivity contribution in [1.82, 2.24) is 5.32 Å². The average molecular weight is 267 g/mol. The molecule has 1 saturated carbocycles. The molecule has 19 heavy (non-hydrogen) atoms. The highest BCUT2D eigenvalue weighted by atomic mass is 19.2. The van der Waals surface area contributed by atoms with Gasteiger partial charge in [0.1, 0.15) is 0 Å². The summed E-state index contributed by atoms with van der Waals surface area (Å²) >= 11 is 0. The molecule has 0 amide bonds. The number of aryl methyl sites for hydroxylation is 1. The molecule has 1 aromatic carbocycles. The lowest BCUT2D eigenvalue weighted by Crippen LogP contribution is -2.25. The molecule has 1 nitrogen and oxygen atoms in total. The summed E-state index contributed by atoms with van der Waals surface area (Å²) in [6.07, 6.45) is 5.57. The minimum Gasteiger partial charge on any atom is -0.319 e. The summed E-state index contributed by atoms with van der Waals surface area (Å²) in [5, 5.41) is 3.19. The SMILES string of the molecule is CNCC1CCCCCC1c1ccc(C)c(F)c1F. The maximum absolute atomic E-state index is 14.2. The van der Waals surface area contributed by atoms with Crippen LogP contribution in [-0.2, 0) is 0 Å². The van der Waals surface area contributed by atoms with E-state index in [1.165, 1.54) is 12.8 Å². The predicted molar refractivity (Wildman–Crippen MR) is 74.3 cm³/mol. The standard InChI is InChI=1S/C16H23F2N/c1-11-8-9-14(16(18)15(11)17)13-7-5-3-4-6-12(13)10-19-2/h8-9,12-13,19H,3-7,10H2,1-2H3. The molecular formula is C16H23F2N. The quantitative estimate of drug-likeness (QED) is 0.811. The van der Waals surface area contributed by atoms with Crippen molar-refractivity contribution in [2.45, 2.75) is 44.9 Å². The fraction of sp³-hybridized carbons (Fsp3) is 0.625. The second-order valence-electron chi connectivity index (χ2n) is 5.66. The molecule has 1 N–H and O–H groups in total. The summed E-state index contributed by atoms with van der Waals surface area (Å²) in [6.45, 7) is 2.49. The summed E-state index contributed by atoms with van der Waals surface area (Å²) in [5.74, 6) is -0.757. The Morgan fingerprint density at radius 2 is 1.84 bits per heavy atom. The average Bonchev–Trinajstić information content (AvgIpc) is 2.63. The molecule has 0 heterocycles. The van der Waals surface area contributed by atoms with Gasteiger partial charge in [0, 0.05) is 0 Å². The smallest absolute Gasteiger partial charge is 0.162 e. The molecule has 0 aliphatic heterocycles. The lowest BCUT2D eigenvalue weighted by atomic mass is 9.81. The number of halogens is 2. The first-order valence-electron chi connectivity index (χ1n) is 7.24. The van der Waals surface area contributed by atoms with Crippen molar-refractivity contribution in [3.8, 4) is 0 Å². The molecule has 1 aliphatic carbocycles. The summed E-state index contributed by atoms with van der Waals surface area (Å²) in [6, 6.07) is 3.49. The first-order chi connectivity index (χ1) is 9.15. The van der Waals surface area contributed by atoms with Gasteiger partial charge in [-0.05, 0) is 56.3 Å². The van der Waals surface area contributed by atoms with Gasteiger partial charge in [-0.15, -0.1) is 0 Å². The Hall–Kier alpha value is -0.960. The Labute approximate surface area is 114 Å². The van der Waals surface area contributed by atoms with Crippen LogP contribution in [-0.4, -0.2) is 13.6 Å². The van der Waals surface area contributed by atoms with E-state index in [4.69, 9.17) is 0 Å². The van der Waals surface area contributed by atoms with E-state index in [2.05, 4.69) is 5.32 Å². The number of benzene rings is 1. The van der Waals surface area contributed by atoms with E-state index in [0.29, 0.717) is 17.0 Å². The van der Waals surface area contributed by atoms with Crippen molar-refractivity contribution in [3.05, 3.63) is 34.9 Å². The molecule has 2 atom stereocenters. The molecule has 2 unspecified atom stereocenters. The monoisotopic (exact) mass is 267 g/mol. The van der Waals surface area contributed by atoms with Gasteiger partial charge in [0.15, 0.2) is 11.6 Å². The summed E-state index contributed by atoms with van der Waals surface area (Å²) in [7, 11) is 1.92. The Morgan fingerprint density at radius 1 is 1.11 bits per heavy atom. The fourth-order valence-corrected chi connectivity index (χ4v) is 3.25. The number of hydrogen-bond acceptors (Lipinski definition) is 1. The molecule has 2 rings (SSSR count). The molecule has 0 aromatic heterocycles. The predicted octanol–water partition coefficient (Wildman–Crippen LogP) is 4.16. The van der Waals surface area contributed by atoms with E-state index >= 15 is 0 Å². The minimum absolute atomic E-state index is 0.144. The first-order valence-corrected chi connectivity index (χ1v) is 7.24. The maximum Gasteiger partial charge on any atom is 0.162 e. The van der Waals surface area contributed by atoms with Gasteiger partial charge in [-0.25, -0.2) is 8.78 Å². The van der Waals surface area contributed by atoms with Crippen LogP contribution in [0.2, 0.25) is 0 Å². The highest BCUT2D eigenvalue weighted by Gasteiger charge is 2.28. The molecule has 1 aliphatic rings. The van der Waals surface area contributed by atoms with Crippen LogP contribution in [0.5, 0.6) is 0 Å². The third-order valence-electron chi connectivity index (χ3n) is 4.33. The molecule has 0 spiro atoms. The van der Waals surface area contributed by atoms with Crippen LogP contribution in [0.1, 0.15) is 49.1 Å². The van der Waals surface area contributed by atoms with Gasteiger partial charge in [0.05, 0.1) is 0 Å². The van der Waals surface area contributed by atoms with Gasteiger partial charge in [-0.3, -0.25) is 0 Å². The van der Waals surface area contributed by atoms with Gasteiger partial charge < -0.3 is 5.32 Å². The third-order valence-corrected chi connectivity index (χ3v) is 4.33. The second kappa shape index (κ2) is 6.47.